The number of rotatable bonds is 12. The number of esters is 1. The fraction of sp³-hybridized carbons (Fsp3) is 0.500. The molecule has 0 saturated heterocycles. The minimum Gasteiger partial charge on any atom is -0.464 e. The zero-order valence-corrected chi connectivity index (χ0v) is 25.1. The highest BCUT2D eigenvalue weighted by Gasteiger charge is 2.39. The van der Waals surface area contributed by atoms with Crippen LogP contribution in [-0.4, -0.2) is 35.3 Å². The Kier molecular flexibility index (Phi) is 11.6. The first-order valence-corrected chi connectivity index (χ1v) is 16.2. The van der Waals surface area contributed by atoms with Crippen molar-refractivity contribution in [3.8, 4) is 5.75 Å². The van der Waals surface area contributed by atoms with Crippen LogP contribution in [0, 0.1) is 5.41 Å². The second kappa shape index (κ2) is 14.4. The van der Waals surface area contributed by atoms with Crippen LogP contribution in [0.15, 0.2) is 58.5 Å². The third-order valence-electron chi connectivity index (χ3n) is 7.03. The first kappa shape index (κ1) is 32.1. The number of carbonyl (C=O) groups is 1. The molecule has 1 aliphatic heterocycles. The van der Waals surface area contributed by atoms with Crippen LogP contribution < -0.4 is 9.64 Å². The highest BCUT2D eigenvalue weighted by molar-refractivity contribution is 7.98. The summed E-state index contributed by atoms with van der Waals surface area (Å²) in [7, 11) is -1.39. The molecule has 40 heavy (non-hydrogen) atoms. The minimum absolute atomic E-state index is 0.245. The van der Waals surface area contributed by atoms with Crippen LogP contribution in [0.4, 0.5) is 24.5 Å². The van der Waals surface area contributed by atoms with E-state index in [4.69, 9.17) is 9.47 Å². The number of fused-ring (bicyclic) bond motifs is 1. The van der Waals surface area contributed by atoms with E-state index < -0.39 is 28.5 Å². The average Bonchev–Trinajstić information content (AvgIpc) is 3.04. The molecule has 1 atom stereocenters. The number of thioether (sulfide) groups is 1. The van der Waals surface area contributed by atoms with Gasteiger partial charge in [0.25, 0.3) is 0 Å². The Hall–Kier alpha value is -2.46. The fourth-order valence-electron chi connectivity index (χ4n) is 4.94. The van der Waals surface area contributed by atoms with Crippen LogP contribution >= 0.6 is 11.8 Å². The number of nitrogens with zero attached hydrogens (tertiary/aromatic N) is 1. The van der Waals surface area contributed by atoms with E-state index in [1.54, 1.807) is 13.0 Å². The third kappa shape index (κ3) is 8.06. The summed E-state index contributed by atoms with van der Waals surface area (Å²) in [5.41, 5.74) is 0.329. The summed E-state index contributed by atoms with van der Waals surface area (Å²) in [4.78, 5) is 15.1. The molecule has 3 rings (SSSR count). The van der Waals surface area contributed by atoms with Crippen LogP contribution in [0.5, 0.6) is 5.75 Å². The van der Waals surface area contributed by atoms with Crippen LogP contribution in [0.3, 0.4) is 0 Å². The van der Waals surface area contributed by atoms with Crippen LogP contribution in [0.2, 0.25) is 0 Å². The standard InChI is InChI=1S/C30H38F3NO4S2/c1-5-8-15-29(16-9-6-2)20-34(23-12-10-22(11-13-23)30(31,32)33)24-18-26(39-4)25(19-27(24)40(36)21-29)38-17-14-28(35)37-7-3/h10-14,17-19H,5-9,15-16,20-21H2,1-4H3/b17-14+. The Labute approximate surface area is 242 Å². The van der Waals surface area contributed by atoms with Gasteiger partial charge in [-0.25, -0.2) is 4.79 Å². The highest BCUT2D eigenvalue weighted by atomic mass is 32.2. The fourth-order valence-corrected chi connectivity index (χ4v) is 7.21. The number of ether oxygens (including phenoxy) is 2. The monoisotopic (exact) mass is 597 g/mol. The summed E-state index contributed by atoms with van der Waals surface area (Å²) in [5.74, 6) is 0.368. The summed E-state index contributed by atoms with van der Waals surface area (Å²) in [6.45, 7) is 6.76. The Bertz CT molecular complexity index is 1190. The topological polar surface area (TPSA) is 55.8 Å². The maximum atomic E-state index is 14.0. The molecule has 0 aromatic heterocycles. The molecule has 220 valence electrons. The van der Waals surface area contributed by atoms with Gasteiger partial charge in [0, 0.05) is 29.5 Å². The van der Waals surface area contributed by atoms with Gasteiger partial charge in [-0.1, -0.05) is 39.5 Å². The third-order valence-corrected chi connectivity index (χ3v) is 9.48. The summed E-state index contributed by atoms with van der Waals surface area (Å²) in [6, 6.07) is 8.82. The van der Waals surface area contributed by atoms with Gasteiger partial charge in [-0.15, -0.1) is 11.8 Å². The van der Waals surface area contributed by atoms with Crippen LogP contribution in [0.25, 0.3) is 0 Å². The predicted molar refractivity (Wildman–Crippen MR) is 156 cm³/mol. The van der Waals surface area contributed by atoms with Crippen molar-refractivity contribution in [1.82, 2.24) is 0 Å². The van der Waals surface area contributed by atoms with Gasteiger partial charge in [-0.3, -0.25) is 4.21 Å². The lowest BCUT2D eigenvalue weighted by molar-refractivity contribution is -0.138. The maximum Gasteiger partial charge on any atom is 0.416 e. The molecule has 0 radical (unpaired) electrons. The average molecular weight is 598 g/mol. The van der Waals surface area contributed by atoms with Gasteiger partial charge in [0.1, 0.15) is 5.75 Å². The van der Waals surface area contributed by atoms with E-state index in [-0.39, 0.29) is 12.0 Å². The molecule has 0 bridgehead atoms. The van der Waals surface area contributed by atoms with E-state index in [9.17, 15) is 22.2 Å². The molecule has 0 fully saturated rings. The van der Waals surface area contributed by atoms with E-state index >= 15 is 0 Å². The number of halogens is 3. The zero-order valence-electron chi connectivity index (χ0n) is 23.5. The number of hydrogen-bond acceptors (Lipinski definition) is 6. The van der Waals surface area contributed by atoms with Gasteiger partial charge >= 0.3 is 12.1 Å². The van der Waals surface area contributed by atoms with Crippen molar-refractivity contribution in [1.29, 1.82) is 0 Å². The van der Waals surface area contributed by atoms with E-state index in [2.05, 4.69) is 13.8 Å². The van der Waals surface area contributed by atoms with E-state index in [0.717, 1.165) is 55.6 Å². The smallest absolute Gasteiger partial charge is 0.416 e. The van der Waals surface area contributed by atoms with Gasteiger partial charge < -0.3 is 14.4 Å². The predicted octanol–water partition coefficient (Wildman–Crippen LogP) is 8.51. The number of hydrogen-bond donors (Lipinski definition) is 0. The molecule has 2 aromatic rings. The molecule has 0 aliphatic carbocycles. The Balaban J connectivity index is 2.14. The van der Waals surface area contributed by atoms with Gasteiger partial charge in [0.15, 0.2) is 0 Å². The summed E-state index contributed by atoms with van der Waals surface area (Å²) in [6.07, 6.45) is 5.57. The number of unbranched alkanes of at least 4 members (excludes halogenated alkanes) is 2. The van der Waals surface area contributed by atoms with Crippen molar-refractivity contribution >= 4 is 39.9 Å². The van der Waals surface area contributed by atoms with Gasteiger partial charge in [-0.05, 0) is 56.4 Å². The van der Waals surface area contributed by atoms with Gasteiger partial charge in [0.05, 0.1) is 50.8 Å². The minimum atomic E-state index is -4.43. The first-order valence-electron chi connectivity index (χ1n) is 13.6. The normalized spacial score (nSPS) is 17.0. The molecular formula is C30H38F3NO4S2. The van der Waals surface area contributed by atoms with Crippen LogP contribution in [0.1, 0.15) is 64.9 Å². The first-order chi connectivity index (χ1) is 19.1. The zero-order chi connectivity index (χ0) is 29.3. The number of anilines is 2. The molecular weight excluding hydrogens is 559 g/mol. The van der Waals surface area contributed by atoms with Crippen molar-refractivity contribution < 1.29 is 31.6 Å². The van der Waals surface area contributed by atoms with Crippen molar-refractivity contribution in [2.24, 2.45) is 5.41 Å². The molecule has 0 amide bonds. The number of carbonyl (C=O) groups excluding carboxylic acids is 1. The molecule has 1 unspecified atom stereocenters. The maximum absolute atomic E-state index is 14.0. The van der Waals surface area contributed by atoms with Gasteiger partial charge in [0.2, 0.25) is 0 Å². The molecule has 1 heterocycles. The molecule has 5 nitrogen and oxygen atoms in total. The van der Waals surface area contributed by atoms with Crippen molar-refractivity contribution in [2.75, 3.05) is 30.1 Å². The SMILES string of the molecule is CCCCC1(CCCC)CN(c2ccc(C(F)(F)F)cc2)c2cc(SC)c(O/C=C/C(=O)OCC)cc2S(=O)C1. The quantitative estimate of drug-likeness (QED) is 0.106. The second-order valence-electron chi connectivity index (χ2n) is 9.97. The molecule has 1 aliphatic rings. The summed E-state index contributed by atoms with van der Waals surface area (Å²) >= 11 is 1.43. The summed E-state index contributed by atoms with van der Waals surface area (Å²) in [5, 5.41) is 0. The van der Waals surface area contributed by atoms with Gasteiger partial charge in [-0.2, -0.15) is 13.2 Å². The lowest BCUT2D eigenvalue weighted by atomic mass is 9.79. The van der Waals surface area contributed by atoms with Crippen molar-refractivity contribution in [2.45, 2.75) is 75.3 Å². The van der Waals surface area contributed by atoms with Crippen molar-refractivity contribution in [3.05, 3.63) is 54.3 Å². The Morgan fingerprint density at radius 3 is 2.30 bits per heavy atom. The van der Waals surface area contributed by atoms with E-state index in [1.165, 1.54) is 36.2 Å². The lowest BCUT2D eigenvalue weighted by Crippen LogP contribution is -2.37. The Morgan fingerprint density at radius 1 is 1.10 bits per heavy atom. The molecule has 0 N–H and O–H groups in total. The number of benzene rings is 2. The summed E-state index contributed by atoms with van der Waals surface area (Å²) < 4.78 is 64.8. The molecule has 0 saturated carbocycles. The lowest BCUT2D eigenvalue weighted by Gasteiger charge is -2.37. The molecule has 2 aromatic carbocycles. The highest BCUT2D eigenvalue weighted by Crippen LogP contribution is 2.47. The van der Waals surface area contributed by atoms with Crippen molar-refractivity contribution in [3.63, 3.8) is 0 Å². The largest absolute Gasteiger partial charge is 0.464 e. The second-order valence-corrected chi connectivity index (χ2v) is 12.2. The molecule has 10 heteroatoms. The van der Waals surface area contributed by atoms with E-state index in [1.807, 2.05) is 17.2 Å². The Morgan fingerprint density at radius 2 is 1.75 bits per heavy atom. The van der Waals surface area contributed by atoms with E-state index in [0.29, 0.717) is 34.3 Å². The van der Waals surface area contributed by atoms with Crippen LogP contribution in [-0.2, 0) is 26.5 Å². The molecule has 0 spiro atoms. The number of alkyl halides is 3.